The van der Waals surface area contributed by atoms with Gasteiger partial charge in [0.15, 0.2) is 0 Å². The molecule has 3 nitrogen and oxygen atoms in total. The number of pyridine rings is 1. The highest BCUT2D eigenvalue weighted by Gasteiger charge is 2.42. The summed E-state index contributed by atoms with van der Waals surface area (Å²) in [7, 11) is 2.22. The van der Waals surface area contributed by atoms with Crippen molar-refractivity contribution >= 4 is 34.3 Å². The quantitative estimate of drug-likeness (QED) is 0.580. The van der Waals surface area contributed by atoms with Gasteiger partial charge < -0.3 is 9.47 Å². The van der Waals surface area contributed by atoms with E-state index < -0.39 is 0 Å². The Balaban J connectivity index is 1.74. The maximum absolute atomic E-state index is 6.34. The average Bonchev–Trinajstić information content (AvgIpc) is 2.88. The van der Waals surface area contributed by atoms with Crippen molar-refractivity contribution < 1.29 is 0 Å². The average molecular weight is 384 g/mol. The van der Waals surface area contributed by atoms with Crippen LogP contribution in [0.2, 0.25) is 5.02 Å². The summed E-state index contributed by atoms with van der Waals surface area (Å²) in [4.78, 5) is 6.84. The lowest BCUT2D eigenvalue weighted by Gasteiger charge is -2.43. The van der Waals surface area contributed by atoms with E-state index in [1.54, 1.807) is 0 Å². The molecular formula is C21H22ClN3S. The molecule has 2 unspecified atom stereocenters. The summed E-state index contributed by atoms with van der Waals surface area (Å²) < 4.78 is 2.59. The smallest absolute Gasteiger partial charge is 0.0590 e. The van der Waals surface area contributed by atoms with Gasteiger partial charge in [0.1, 0.15) is 0 Å². The molecule has 0 bridgehead atoms. The molecule has 2 atom stereocenters. The molecule has 0 N–H and O–H groups in total. The van der Waals surface area contributed by atoms with Crippen molar-refractivity contribution in [1.82, 2.24) is 14.5 Å². The minimum Gasteiger partial charge on any atom is -0.341 e. The summed E-state index contributed by atoms with van der Waals surface area (Å²) in [5.41, 5.74) is 6.74. The number of halogens is 1. The van der Waals surface area contributed by atoms with Gasteiger partial charge in [0.2, 0.25) is 0 Å². The number of rotatable bonds is 1. The Kier molecular flexibility index (Phi) is 3.69. The molecule has 134 valence electrons. The molecule has 0 fully saturated rings. The predicted molar refractivity (Wildman–Crippen MR) is 110 cm³/mol. The molecule has 5 heteroatoms. The Labute approximate surface area is 163 Å². The first-order valence-electron chi connectivity index (χ1n) is 9.05. The molecule has 1 aromatic carbocycles. The summed E-state index contributed by atoms with van der Waals surface area (Å²) in [5.74, 6) is 0. The van der Waals surface area contributed by atoms with Crippen molar-refractivity contribution in [3.63, 3.8) is 0 Å². The van der Waals surface area contributed by atoms with Gasteiger partial charge in [-0.25, -0.2) is 0 Å². The van der Waals surface area contributed by atoms with E-state index in [9.17, 15) is 0 Å². The molecule has 0 radical (unpaired) electrons. The summed E-state index contributed by atoms with van der Waals surface area (Å²) in [6.45, 7) is 7.52. The first kappa shape index (κ1) is 16.7. The summed E-state index contributed by atoms with van der Waals surface area (Å²) in [6, 6.07) is 10.8. The van der Waals surface area contributed by atoms with Gasteiger partial charge in [0.05, 0.1) is 10.00 Å². The fourth-order valence-electron chi connectivity index (χ4n) is 4.60. The van der Waals surface area contributed by atoms with Gasteiger partial charge in [-0.15, -0.1) is 11.8 Å². The molecule has 2 aliphatic heterocycles. The number of hydrogen-bond donors (Lipinski definition) is 0. The summed E-state index contributed by atoms with van der Waals surface area (Å²) >= 11 is 8.44. The van der Waals surface area contributed by atoms with Gasteiger partial charge in [0, 0.05) is 53.1 Å². The molecule has 0 saturated heterocycles. The SMILES string of the molecule is Cc1cc(C2(C)Cn3c4c(c5cc(Cl)ccc53)CN(C)CC4S2)ccn1. The molecule has 0 aliphatic carbocycles. The highest BCUT2D eigenvalue weighted by atomic mass is 35.5. The maximum atomic E-state index is 6.34. The van der Waals surface area contributed by atoms with Gasteiger partial charge in [-0.1, -0.05) is 11.6 Å². The lowest BCUT2D eigenvalue weighted by atomic mass is 9.99. The number of aryl methyl sites for hydroxylation is 1. The molecule has 4 heterocycles. The van der Waals surface area contributed by atoms with Gasteiger partial charge in [-0.05, 0) is 62.4 Å². The predicted octanol–water partition coefficient (Wildman–Crippen LogP) is 5.15. The first-order chi connectivity index (χ1) is 12.4. The van der Waals surface area contributed by atoms with Gasteiger partial charge in [0.25, 0.3) is 0 Å². The van der Waals surface area contributed by atoms with Crippen molar-refractivity contribution in [2.75, 3.05) is 13.6 Å². The number of nitrogens with zero attached hydrogens (tertiary/aromatic N) is 3. The van der Waals surface area contributed by atoms with Crippen molar-refractivity contribution in [3.05, 3.63) is 64.1 Å². The Bertz CT molecular complexity index is 1030. The first-order valence-corrected chi connectivity index (χ1v) is 10.3. The van der Waals surface area contributed by atoms with Crippen LogP contribution in [0.3, 0.4) is 0 Å². The second-order valence-electron chi connectivity index (χ2n) is 7.83. The fraction of sp³-hybridized carbons (Fsp3) is 0.381. The van der Waals surface area contributed by atoms with Crippen LogP contribution in [0.1, 0.15) is 34.7 Å². The lowest BCUT2D eigenvalue weighted by Crippen LogP contribution is -2.38. The maximum Gasteiger partial charge on any atom is 0.0590 e. The van der Waals surface area contributed by atoms with E-state index in [2.05, 4.69) is 71.4 Å². The van der Waals surface area contributed by atoms with E-state index >= 15 is 0 Å². The van der Waals surface area contributed by atoms with Crippen LogP contribution >= 0.6 is 23.4 Å². The Hall–Kier alpha value is -1.49. The number of aromatic nitrogens is 2. The fourth-order valence-corrected chi connectivity index (χ4v) is 6.58. The van der Waals surface area contributed by atoms with E-state index in [4.69, 9.17) is 11.6 Å². The molecule has 0 spiro atoms. The summed E-state index contributed by atoms with van der Waals surface area (Å²) in [5, 5.41) is 2.61. The minimum absolute atomic E-state index is 0.0341. The topological polar surface area (TPSA) is 21.1 Å². The third-order valence-corrected chi connectivity index (χ3v) is 7.53. The van der Waals surface area contributed by atoms with Crippen LogP contribution in [0.5, 0.6) is 0 Å². The molecule has 3 aromatic rings. The van der Waals surface area contributed by atoms with E-state index in [0.29, 0.717) is 5.25 Å². The molecule has 2 aliphatic rings. The number of benzene rings is 1. The van der Waals surface area contributed by atoms with Crippen LogP contribution in [0.4, 0.5) is 0 Å². The standard InChI is InChI=1S/C21H22ClN3S/c1-13-8-14(6-7-23-13)21(2)12-25-18-5-4-15(22)9-16(18)17-10-24(3)11-19(26-21)20(17)25/h4-9,19H,10-12H2,1-3H3. The van der Waals surface area contributed by atoms with Gasteiger partial charge >= 0.3 is 0 Å². The second-order valence-corrected chi connectivity index (χ2v) is 9.97. The molecule has 0 amide bonds. The Morgan fingerprint density at radius 1 is 1.27 bits per heavy atom. The zero-order valence-electron chi connectivity index (χ0n) is 15.3. The van der Waals surface area contributed by atoms with Crippen LogP contribution in [-0.4, -0.2) is 28.0 Å². The molecular weight excluding hydrogens is 362 g/mol. The second kappa shape index (κ2) is 5.75. The number of fused-ring (bicyclic) bond motifs is 3. The van der Waals surface area contributed by atoms with Crippen molar-refractivity contribution in [2.45, 2.75) is 36.9 Å². The van der Waals surface area contributed by atoms with Crippen LogP contribution in [0.25, 0.3) is 10.9 Å². The van der Waals surface area contributed by atoms with E-state index in [-0.39, 0.29) is 4.75 Å². The third kappa shape index (κ3) is 2.43. The van der Waals surface area contributed by atoms with E-state index in [1.807, 2.05) is 12.3 Å². The van der Waals surface area contributed by atoms with Gasteiger partial charge in [-0.3, -0.25) is 4.98 Å². The monoisotopic (exact) mass is 383 g/mol. The third-order valence-electron chi connectivity index (χ3n) is 5.75. The molecule has 5 rings (SSSR count). The van der Waals surface area contributed by atoms with Crippen molar-refractivity contribution in [1.29, 1.82) is 0 Å². The van der Waals surface area contributed by atoms with Crippen LogP contribution in [0, 0.1) is 6.92 Å². The number of thioether (sulfide) groups is 1. The Morgan fingerprint density at radius 2 is 2.12 bits per heavy atom. The normalized spacial score (nSPS) is 25.5. The van der Waals surface area contributed by atoms with Gasteiger partial charge in [-0.2, -0.15) is 0 Å². The van der Waals surface area contributed by atoms with Crippen molar-refractivity contribution in [3.8, 4) is 0 Å². The van der Waals surface area contributed by atoms with E-state index in [0.717, 1.165) is 30.4 Å². The lowest BCUT2D eigenvalue weighted by molar-refractivity contribution is 0.299. The van der Waals surface area contributed by atoms with Crippen LogP contribution in [-0.2, 0) is 17.8 Å². The minimum atomic E-state index is 0.0341. The number of likely N-dealkylation sites (N-methyl/N-ethyl adjacent to an activating group) is 1. The highest BCUT2D eigenvalue weighted by Crippen LogP contribution is 2.54. The highest BCUT2D eigenvalue weighted by molar-refractivity contribution is 8.00. The largest absolute Gasteiger partial charge is 0.341 e. The Morgan fingerprint density at radius 3 is 2.92 bits per heavy atom. The zero-order valence-corrected chi connectivity index (χ0v) is 16.9. The molecule has 26 heavy (non-hydrogen) atoms. The summed E-state index contributed by atoms with van der Waals surface area (Å²) in [6.07, 6.45) is 1.94. The zero-order chi connectivity index (χ0) is 18.1. The molecule has 2 aromatic heterocycles. The van der Waals surface area contributed by atoms with E-state index in [1.165, 1.54) is 27.7 Å². The van der Waals surface area contributed by atoms with Crippen LogP contribution < -0.4 is 0 Å². The van der Waals surface area contributed by atoms with Crippen LogP contribution in [0.15, 0.2) is 36.5 Å². The molecule has 0 saturated carbocycles. The number of hydrogen-bond acceptors (Lipinski definition) is 3. The van der Waals surface area contributed by atoms with Crippen molar-refractivity contribution in [2.24, 2.45) is 0 Å².